The number of hydrogen-bond acceptors (Lipinski definition) is 3. The number of nitrogens with zero attached hydrogens (tertiary/aromatic N) is 3. The van der Waals surface area contributed by atoms with Gasteiger partial charge in [0.05, 0.1) is 25.0 Å². The van der Waals surface area contributed by atoms with Crippen molar-refractivity contribution >= 4 is 5.91 Å². The summed E-state index contributed by atoms with van der Waals surface area (Å²) in [7, 11) is 2.02. The number of carbonyl (C=O) groups is 1. The first-order valence-corrected chi connectivity index (χ1v) is 10.0. The van der Waals surface area contributed by atoms with Gasteiger partial charge in [-0.3, -0.25) is 9.48 Å². The molecule has 5 heteroatoms. The average molecular weight is 355 g/mol. The SMILES string of the molecule is Cn1nc(CN(Cc2ccco2)C(=O)CCC2CCCC2)c2c1CCC2. The van der Waals surface area contributed by atoms with Crippen LogP contribution in [0.5, 0.6) is 0 Å². The molecule has 1 fully saturated rings. The van der Waals surface area contributed by atoms with Crippen molar-refractivity contribution in [1.82, 2.24) is 14.7 Å². The van der Waals surface area contributed by atoms with E-state index in [9.17, 15) is 4.79 Å². The highest BCUT2D eigenvalue weighted by Gasteiger charge is 2.25. The van der Waals surface area contributed by atoms with Crippen molar-refractivity contribution in [2.24, 2.45) is 13.0 Å². The second-order valence-electron chi connectivity index (χ2n) is 7.87. The van der Waals surface area contributed by atoms with E-state index in [1.165, 1.54) is 43.4 Å². The van der Waals surface area contributed by atoms with Crippen molar-refractivity contribution in [3.05, 3.63) is 41.1 Å². The largest absolute Gasteiger partial charge is 0.467 e. The van der Waals surface area contributed by atoms with Gasteiger partial charge in [-0.15, -0.1) is 0 Å². The van der Waals surface area contributed by atoms with Gasteiger partial charge in [0.25, 0.3) is 0 Å². The first-order chi connectivity index (χ1) is 12.7. The molecule has 0 saturated heterocycles. The normalized spacial score (nSPS) is 17.0. The molecule has 26 heavy (non-hydrogen) atoms. The van der Waals surface area contributed by atoms with Crippen LogP contribution in [0.4, 0.5) is 0 Å². The first-order valence-electron chi connectivity index (χ1n) is 10.0. The molecule has 2 aromatic heterocycles. The highest BCUT2D eigenvalue weighted by atomic mass is 16.3. The fourth-order valence-corrected chi connectivity index (χ4v) is 4.61. The van der Waals surface area contributed by atoms with Crippen LogP contribution in [-0.4, -0.2) is 20.6 Å². The molecule has 0 N–H and O–H groups in total. The highest BCUT2D eigenvalue weighted by Crippen LogP contribution is 2.30. The van der Waals surface area contributed by atoms with Crippen molar-refractivity contribution in [1.29, 1.82) is 0 Å². The monoisotopic (exact) mass is 355 g/mol. The van der Waals surface area contributed by atoms with E-state index in [0.717, 1.165) is 36.6 Å². The standard InChI is InChI=1S/C21H29N3O2/c1-23-20-10-4-9-18(20)19(22-23)15-24(14-17-8-5-13-26-17)21(25)12-11-16-6-2-3-7-16/h5,8,13,16H,2-4,6-7,9-12,14-15H2,1H3. The van der Waals surface area contributed by atoms with Gasteiger partial charge < -0.3 is 9.32 Å². The van der Waals surface area contributed by atoms with Gasteiger partial charge in [-0.2, -0.15) is 5.10 Å². The molecule has 140 valence electrons. The molecule has 2 aliphatic rings. The topological polar surface area (TPSA) is 51.3 Å². The Morgan fingerprint density at radius 1 is 1.27 bits per heavy atom. The van der Waals surface area contributed by atoms with Crippen molar-refractivity contribution in [2.75, 3.05) is 0 Å². The summed E-state index contributed by atoms with van der Waals surface area (Å²) in [6.07, 6.45) is 12.0. The van der Waals surface area contributed by atoms with Gasteiger partial charge in [-0.05, 0) is 49.3 Å². The van der Waals surface area contributed by atoms with Gasteiger partial charge in [-0.1, -0.05) is 25.7 Å². The molecule has 2 heterocycles. The average Bonchev–Trinajstić information content (AvgIpc) is 3.41. The van der Waals surface area contributed by atoms with Crippen LogP contribution in [0, 0.1) is 5.92 Å². The smallest absolute Gasteiger partial charge is 0.223 e. The Bertz CT molecular complexity index is 742. The molecular weight excluding hydrogens is 326 g/mol. The van der Waals surface area contributed by atoms with Crippen LogP contribution in [0.3, 0.4) is 0 Å². The van der Waals surface area contributed by atoms with E-state index in [1.807, 2.05) is 28.8 Å². The van der Waals surface area contributed by atoms with Crippen LogP contribution in [0.2, 0.25) is 0 Å². The molecule has 2 aliphatic carbocycles. The van der Waals surface area contributed by atoms with Crippen LogP contribution in [0.15, 0.2) is 22.8 Å². The lowest BCUT2D eigenvalue weighted by molar-refractivity contribution is -0.133. The molecule has 0 spiro atoms. The zero-order valence-electron chi connectivity index (χ0n) is 15.7. The van der Waals surface area contributed by atoms with Crippen molar-refractivity contribution < 1.29 is 9.21 Å². The summed E-state index contributed by atoms with van der Waals surface area (Å²) in [6.45, 7) is 1.12. The molecule has 0 unspecified atom stereocenters. The molecule has 5 nitrogen and oxygen atoms in total. The van der Waals surface area contributed by atoms with Crippen LogP contribution < -0.4 is 0 Å². The minimum Gasteiger partial charge on any atom is -0.467 e. The van der Waals surface area contributed by atoms with E-state index in [1.54, 1.807) is 6.26 Å². The zero-order chi connectivity index (χ0) is 17.9. The molecule has 0 aromatic carbocycles. The lowest BCUT2D eigenvalue weighted by atomic mass is 10.0. The van der Waals surface area contributed by atoms with Crippen LogP contribution in [-0.2, 0) is 37.8 Å². The summed E-state index contributed by atoms with van der Waals surface area (Å²) in [5.41, 5.74) is 3.78. The molecule has 2 aromatic rings. The maximum absolute atomic E-state index is 13.0. The number of furan rings is 1. The van der Waals surface area contributed by atoms with Gasteiger partial charge in [0.1, 0.15) is 5.76 Å². The number of aromatic nitrogens is 2. The van der Waals surface area contributed by atoms with Gasteiger partial charge in [0, 0.05) is 19.2 Å². The van der Waals surface area contributed by atoms with E-state index >= 15 is 0 Å². The molecular formula is C21H29N3O2. The quantitative estimate of drug-likeness (QED) is 0.754. The third kappa shape index (κ3) is 3.71. The van der Waals surface area contributed by atoms with Crippen LogP contribution >= 0.6 is 0 Å². The Hall–Kier alpha value is -2.04. The zero-order valence-corrected chi connectivity index (χ0v) is 15.7. The summed E-state index contributed by atoms with van der Waals surface area (Å²) < 4.78 is 7.51. The van der Waals surface area contributed by atoms with Gasteiger partial charge in [-0.25, -0.2) is 0 Å². The second kappa shape index (κ2) is 7.68. The van der Waals surface area contributed by atoms with Crippen LogP contribution in [0.1, 0.15) is 67.7 Å². The Morgan fingerprint density at radius 2 is 2.12 bits per heavy atom. The number of aryl methyl sites for hydroxylation is 1. The number of rotatable bonds is 7. The minimum absolute atomic E-state index is 0.227. The number of hydrogen-bond donors (Lipinski definition) is 0. The molecule has 0 aliphatic heterocycles. The maximum atomic E-state index is 13.0. The third-order valence-electron chi connectivity index (χ3n) is 6.06. The number of fused-ring (bicyclic) bond motifs is 1. The Kier molecular flexibility index (Phi) is 5.14. The fraction of sp³-hybridized carbons (Fsp3) is 0.619. The third-order valence-corrected chi connectivity index (χ3v) is 6.06. The lowest BCUT2D eigenvalue weighted by Gasteiger charge is -2.22. The molecule has 4 rings (SSSR count). The van der Waals surface area contributed by atoms with Crippen molar-refractivity contribution in [3.8, 4) is 0 Å². The molecule has 0 atom stereocenters. The second-order valence-corrected chi connectivity index (χ2v) is 7.87. The number of amides is 1. The van der Waals surface area contributed by atoms with Gasteiger partial charge >= 0.3 is 0 Å². The Morgan fingerprint density at radius 3 is 2.88 bits per heavy atom. The molecule has 1 saturated carbocycles. The summed E-state index contributed by atoms with van der Waals surface area (Å²) in [5.74, 6) is 1.81. The van der Waals surface area contributed by atoms with E-state index in [4.69, 9.17) is 9.52 Å². The molecule has 0 radical (unpaired) electrons. The summed E-state index contributed by atoms with van der Waals surface area (Å²) >= 11 is 0. The summed E-state index contributed by atoms with van der Waals surface area (Å²) in [6, 6.07) is 3.83. The van der Waals surface area contributed by atoms with E-state index < -0.39 is 0 Å². The van der Waals surface area contributed by atoms with E-state index in [0.29, 0.717) is 19.5 Å². The maximum Gasteiger partial charge on any atom is 0.223 e. The van der Waals surface area contributed by atoms with E-state index in [2.05, 4.69) is 0 Å². The van der Waals surface area contributed by atoms with Crippen molar-refractivity contribution in [2.45, 2.75) is 70.9 Å². The first kappa shape index (κ1) is 17.4. The minimum atomic E-state index is 0.227. The van der Waals surface area contributed by atoms with E-state index in [-0.39, 0.29) is 5.91 Å². The lowest BCUT2D eigenvalue weighted by Crippen LogP contribution is -2.30. The number of carbonyl (C=O) groups excluding carboxylic acids is 1. The predicted molar refractivity (Wildman–Crippen MR) is 99.4 cm³/mol. The fourth-order valence-electron chi connectivity index (χ4n) is 4.61. The van der Waals surface area contributed by atoms with Gasteiger partial charge in [0.15, 0.2) is 0 Å². The van der Waals surface area contributed by atoms with Crippen molar-refractivity contribution in [3.63, 3.8) is 0 Å². The summed E-state index contributed by atoms with van der Waals surface area (Å²) in [4.78, 5) is 14.9. The molecule has 1 amide bonds. The van der Waals surface area contributed by atoms with Crippen LogP contribution in [0.25, 0.3) is 0 Å². The Labute approximate surface area is 155 Å². The Balaban J connectivity index is 1.47. The summed E-state index contributed by atoms with van der Waals surface area (Å²) in [5, 5.41) is 4.71. The predicted octanol–water partition coefficient (Wildman–Crippen LogP) is 4.00. The molecule has 0 bridgehead atoms. The van der Waals surface area contributed by atoms with Gasteiger partial charge in [0.2, 0.25) is 5.91 Å². The highest BCUT2D eigenvalue weighted by molar-refractivity contribution is 5.76.